The topological polar surface area (TPSA) is 76.2 Å². The van der Waals surface area contributed by atoms with Gasteiger partial charge in [-0.15, -0.1) is 0 Å². The molecule has 2 rings (SSSR count). The summed E-state index contributed by atoms with van der Waals surface area (Å²) in [5, 5.41) is 19.5. The zero-order valence-corrected chi connectivity index (χ0v) is 11.7. The van der Waals surface area contributed by atoms with E-state index in [0.717, 1.165) is 18.2 Å². The minimum atomic E-state index is -1.20. The van der Waals surface area contributed by atoms with Crippen LogP contribution in [0.5, 0.6) is 11.5 Å². The lowest BCUT2D eigenvalue weighted by atomic mass is 10.2. The lowest BCUT2D eigenvalue weighted by molar-refractivity contribution is -0.385. The number of ether oxygens (including phenoxy) is 1. The second kappa shape index (κ2) is 5.85. The van der Waals surface area contributed by atoms with Crippen LogP contribution in [0.15, 0.2) is 34.8 Å². The highest BCUT2D eigenvalue weighted by Crippen LogP contribution is 2.31. The summed E-state index contributed by atoms with van der Waals surface area (Å²) in [6.45, 7) is 0. The quantitative estimate of drug-likeness (QED) is 0.467. The molecular formula is C13H5BrF2N2O3. The summed E-state index contributed by atoms with van der Waals surface area (Å²) < 4.78 is 32.2. The maximum absolute atomic E-state index is 13.6. The van der Waals surface area contributed by atoms with Crippen molar-refractivity contribution in [3.63, 3.8) is 0 Å². The molecule has 0 saturated heterocycles. The highest BCUT2D eigenvalue weighted by molar-refractivity contribution is 9.10. The van der Waals surface area contributed by atoms with E-state index in [1.807, 2.05) is 0 Å². The van der Waals surface area contributed by atoms with Gasteiger partial charge in [-0.2, -0.15) is 9.65 Å². The largest absolute Gasteiger partial charge is 0.454 e. The van der Waals surface area contributed by atoms with Gasteiger partial charge in [-0.3, -0.25) is 10.1 Å². The van der Waals surface area contributed by atoms with Gasteiger partial charge in [-0.05, 0) is 18.2 Å². The Balaban J connectivity index is 2.42. The molecule has 0 N–H and O–H groups in total. The first-order valence-corrected chi connectivity index (χ1v) is 6.22. The Morgan fingerprint density at radius 2 is 2.00 bits per heavy atom. The van der Waals surface area contributed by atoms with Crippen molar-refractivity contribution >= 4 is 21.6 Å². The molecule has 0 amide bonds. The first kappa shape index (κ1) is 14.9. The molecule has 8 heteroatoms. The van der Waals surface area contributed by atoms with E-state index in [1.165, 1.54) is 12.1 Å². The van der Waals surface area contributed by atoms with Gasteiger partial charge in [0.1, 0.15) is 17.4 Å². The van der Waals surface area contributed by atoms with Gasteiger partial charge >= 0.3 is 0 Å². The molecule has 0 aromatic heterocycles. The molecule has 106 valence electrons. The number of hydrogen-bond acceptors (Lipinski definition) is 4. The summed E-state index contributed by atoms with van der Waals surface area (Å²) >= 11 is 2.99. The van der Waals surface area contributed by atoms with Crippen LogP contribution in [0.1, 0.15) is 5.56 Å². The molecular weight excluding hydrogens is 350 g/mol. The normalized spacial score (nSPS) is 10.0. The molecule has 2 aromatic carbocycles. The van der Waals surface area contributed by atoms with Crippen LogP contribution in [0, 0.1) is 33.1 Å². The summed E-state index contributed by atoms with van der Waals surface area (Å²) in [4.78, 5) is 9.97. The number of nitro benzene ring substituents is 1. The Hall–Kier alpha value is -2.53. The second-order valence-corrected chi connectivity index (χ2v) is 4.77. The maximum Gasteiger partial charge on any atom is 0.287 e. The Morgan fingerprint density at radius 3 is 2.62 bits per heavy atom. The SMILES string of the molecule is N#Cc1cc(Oc2cc(Br)cc(F)c2F)ccc1[N+](=O)[O-]. The Labute approximate surface area is 125 Å². The van der Waals surface area contributed by atoms with E-state index in [2.05, 4.69) is 15.9 Å². The van der Waals surface area contributed by atoms with Crippen LogP contribution in [-0.2, 0) is 0 Å². The molecule has 0 radical (unpaired) electrons. The number of rotatable bonds is 3. The number of hydrogen-bond donors (Lipinski definition) is 0. The van der Waals surface area contributed by atoms with E-state index in [1.54, 1.807) is 6.07 Å². The minimum absolute atomic E-state index is 0.0199. The van der Waals surface area contributed by atoms with Crippen LogP contribution in [-0.4, -0.2) is 4.92 Å². The third-order valence-corrected chi connectivity index (χ3v) is 2.93. The summed E-state index contributed by atoms with van der Waals surface area (Å²) in [6, 6.07) is 7.10. The van der Waals surface area contributed by atoms with Crippen molar-refractivity contribution < 1.29 is 18.4 Å². The van der Waals surface area contributed by atoms with Crippen molar-refractivity contribution in [3.8, 4) is 17.6 Å². The maximum atomic E-state index is 13.6. The van der Waals surface area contributed by atoms with E-state index in [4.69, 9.17) is 10.00 Å². The standard InChI is InChI=1S/C13H5BrF2N2O3/c14-8-4-10(15)13(16)12(5-8)21-9-1-2-11(18(19)20)7(3-9)6-17/h1-5H. The third kappa shape index (κ3) is 3.14. The summed E-state index contributed by atoms with van der Waals surface area (Å²) in [7, 11) is 0. The van der Waals surface area contributed by atoms with Crippen LogP contribution in [0.3, 0.4) is 0 Å². The van der Waals surface area contributed by atoms with Crippen LogP contribution >= 0.6 is 15.9 Å². The molecule has 0 unspecified atom stereocenters. The molecule has 0 fully saturated rings. The monoisotopic (exact) mass is 354 g/mol. The predicted molar refractivity (Wildman–Crippen MR) is 71.9 cm³/mol. The lowest BCUT2D eigenvalue weighted by Crippen LogP contribution is -1.95. The van der Waals surface area contributed by atoms with Crippen LogP contribution in [0.2, 0.25) is 0 Å². The molecule has 0 atom stereocenters. The Morgan fingerprint density at radius 1 is 1.29 bits per heavy atom. The fraction of sp³-hybridized carbons (Fsp3) is 0. The highest BCUT2D eigenvalue weighted by atomic mass is 79.9. The van der Waals surface area contributed by atoms with Gasteiger partial charge in [0.15, 0.2) is 11.6 Å². The van der Waals surface area contributed by atoms with Crippen molar-refractivity contribution in [1.29, 1.82) is 5.26 Å². The van der Waals surface area contributed by atoms with Crippen LogP contribution in [0.4, 0.5) is 14.5 Å². The van der Waals surface area contributed by atoms with Gasteiger partial charge in [-0.1, -0.05) is 15.9 Å². The van der Waals surface area contributed by atoms with Crippen molar-refractivity contribution in [1.82, 2.24) is 0 Å². The number of benzene rings is 2. The van der Waals surface area contributed by atoms with Gasteiger partial charge in [0.05, 0.1) is 4.92 Å². The van der Waals surface area contributed by atoms with E-state index in [0.29, 0.717) is 0 Å². The smallest absolute Gasteiger partial charge is 0.287 e. The van der Waals surface area contributed by atoms with Gasteiger partial charge in [0.25, 0.3) is 5.69 Å². The first-order valence-electron chi connectivity index (χ1n) is 5.43. The molecule has 0 spiro atoms. The fourth-order valence-electron chi connectivity index (χ4n) is 1.56. The van der Waals surface area contributed by atoms with Gasteiger partial charge in [0, 0.05) is 16.6 Å². The molecule has 0 aliphatic carbocycles. The first-order chi connectivity index (χ1) is 9.92. The highest BCUT2D eigenvalue weighted by Gasteiger charge is 2.16. The summed E-state index contributed by atoms with van der Waals surface area (Å²) in [5.74, 6) is -2.73. The van der Waals surface area contributed by atoms with Gasteiger partial charge < -0.3 is 4.74 Å². The Bertz CT molecular complexity index is 775. The van der Waals surface area contributed by atoms with Crippen molar-refractivity contribution in [2.24, 2.45) is 0 Å². The average Bonchev–Trinajstić information content (AvgIpc) is 2.43. The Kier molecular flexibility index (Phi) is 4.14. The van der Waals surface area contributed by atoms with Crippen LogP contribution < -0.4 is 4.74 Å². The second-order valence-electron chi connectivity index (χ2n) is 3.85. The molecule has 0 aliphatic heterocycles. The number of nitrogens with zero attached hydrogens (tertiary/aromatic N) is 2. The molecule has 2 aromatic rings. The van der Waals surface area contributed by atoms with Crippen molar-refractivity contribution in [2.75, 3.05) is 0 Å². The van der Waals surface area contributed by atoms with Gasteiger partial charge in [-0.25, -0.2) is 4.39 Å². The van der Waals surface area contributed by atoms with Crippen molar-refractivity contribution in [2.45, 2.75) is 0 Å². The lowest BCUT2D eigenvalue weighted by Gasteiger charge is -2.08. The number of nitro groups is 1. The molecule has 5 nitrogen and oxygen atoms in total. The van der Waals surface area contributed by atoms with E-state index >= 15 is 0 Å². The van der Waals surface area contributed by atoms with E-state index in [-0.39, 0.29) is 15.8 Å². The molecule has 0 heterocycles. The molecule has 0 aliphatic rings. The van der Waals surface area contributed by atoms with Gasteiger partial charge in [0.2, 0.25) is 5.82 Å². The third-order valence-electron chi connectivity index (χ3n) is 2.47. The van der Waals surface area contributed by atoms with E-state index in [9.17, 15) is 18.9 Å². The summed E-state index contributed by atoms with van der Waals surface area (Å²) in [6.07, 6.45) is 0. The molecule has 21 heavy (non-hydrogen) atoms. The van der Waals surface area contributed by atoms with E-state index < -0.39 is 28.0 Å². The number of halogens is 3. The zero-order valence-electron chi connectivity index (χ0n) is 10.1. The zero-order chi connectivity index (χ0) is 15.6. The van der Waals surface area contributed by atoms with Crippen molar-refractivity contribution in [3.05, 3.63) is 62.1 Å². The number of nitriles is 1. The fourth-order valence-corrected chi connectivity index (χ4v) is 1.97. The predicted octanol–water partition coefficient (Wildman–Crippen LogP) is 4.30. The van der Waals surface area contributed by atoms with Crippen LogP contribution in [0.25, 0.3) is 0 Å². The summed E-state index contributed by atoms with van der Waals surface area (Å²) in [5.41, 5.74) is -0.640. The minimum Gasteiger partial charge on any atom is -0.454 e. The molecule has 0 saturated carbocycles. The average molecular weight is 355 g/mol. The molecule has 0 bridgehead atoms.